The van der Waals surface area contributed by atoms with Crippen LogP contribution in [0.25, 0.3) is 11.0 Å². The quantitative estimate of drug-likeness (QED) is 0.226. The Hall–Kier alpha value is -3.12. The molecule has 3 rings (SSSR count). The van der Waals surface area contributed by atoms with Crippen molar-refractivity contribution >= 4 is 16.8 Å². The van der Waals surface area contributed by atoms with Crippen LogP contribution in [0.3, 0.4) is 0 Å². The number of hydrogen-bond donors (Lipinski definition) is 4. The Morgan fingerprint density at radius 2 is 1.87 bits per heavy atom. The normalized spacial score (nSPS) is 11.6. The van der Waals surface area contributed by atoms with Gasteiger partial charge in [0.2, 0.25) is 0 Å². The van der Waals surface area contributed by atoms with E-state index >= 15 is 0 Å². The minimum absolute atomic E-state index is 0.00370. The lowest BCUT2D eigenvalue weighted by Gasteiger charge is -2.03. The molecule has 0 amide bonds. The molecule has 0 radical (unpaired) electrons. The lowest BCUT2D eigenvalue weighted by Crippen LogP contribution is -2.87. The molecule has 0 atom stereocenters. The first-order chi connectivity index (χ1) is 11.2. The molecule has 1 aromatic heterocycles. The van der Waals surface area contributed by atoms with Gasteiger partial charge in [0.15, 0.2) is 5.43 Å². The van der Waals surface area contributed by atoms with Crippen molar-refractivity contribution in [3.05, 3.63) is 81.7 Å². The van der Waals surface area contributed by atoms with E-state index in [1.54, 1.807) is 12.1 Å². The standard InChI is InChI=1S/C17H16N4O2/c18-17(20-21-19)12-7-5-11(6-8-12)9-13-10-23-15-4-2-1-3-14(15)16(13)22/h1-8,10,21H,9,19H2,(H2,18,20)/p+1. The fourth-order valence-electron chi connectivity index (χ4n) is 2.41. The number of hydrogen-bond acceptors (Lipinski definition) is 4. The fourth-order valence-corrected chi connectivity index (χ4v) is 2.41. The van der Waals surface area contributed by atoms with Crippen LogP contribution < -0.4 is 27.6 Å². The first kappa shape index (κ1) is 14.8. The lowest BCUT2D eigenvalue weighted by atomic mass is 10.0. The summed E-state index contributed by atoms with van der Waals surface area (Å²) in [5.74, 6) is 5.57. The first-order valence-corrected chi connectivity index (χ1v) is 7.12. The molecule has 6 nitrogen and oxygen atoms in total. The molecule has 1 heterocycles. The Morgan fingerprint density at radius 3 is 2.61 bits per heavy atom. The van der Waals surface area contributed by atoms with Crippen LogP contribution in [0.4, 0.5) is 0 Å². The van der Waals surface area contributed by atoms with Gasteiger partial charge in [0, 0.05) is 12.0 Å². The third kappa shape index (κ3) is 3.07. The third-order valence-electron chi connectivity index (χ3n) is 3.62. The summed E-state index contributed by atoms with van der Waals surface area (Å²) in [7, 11) is 0. The van der Waals surface area contributed by atoms with Gasteiger partial charge >= 0.3 is 0 Å². The van der Waals surface area contributed by atoms with Crippen molar-refractivity contribution in [2.45, 2.75) is 6.42 Å². The summed E-state index contributed by atoms with van der Waals surface area (Å²) in [6.45, 7) is 0. The van der Waals surface area contributed by atoms with Crippen LogP contribution in [-0.2, 0) is 6.42 Å². The summed E-state index contributed by atoms with van der Waals surface area (Å²) < 4.78 is 5.53. The van der Waals surface area contributed by atoms with E-state index in [4.69, 9.17) is 16.0 Å². The second-order valence-electron chi connectivity index (χ2n) is 5.14. The minimum atomic E-state index is -0.00370. The number of nitrogens with one attached hydrogen (secondary N) is 2. The molecular weight excluding hydrogens is 292 g/mol. The highest BCUT2D eigenvalue weighted by Crippen LogP contribution is 2.13. The number of nitrogen functional groups attached to an aromatic ring is 1. The molecule has 0 fully saturated rings. The zero-order valence-electron chi connectivity index (χ0n) is 12.4. The van der Waals surface area contributed by atoms with E-state index in [9.17, 15) is 4.79 Å². The minimum Gasteiger partial charge on any atom is -0.464 e. The lowest BCUT2D eigenvalue weighted by molar-refractivity contribution is -0.528. The summed E-state index contributed by atoms with van der Waals surface area (Å²) in [4.78, 5) is 12.5. The van der Waals surface area contributed by atoms with E-state index in [1.807, 2.05) is 36.4 Å². The van der Waals surface area contributed by atoms with Crippen molar-refractivity contribution in [2.75, 3.05) is 0 Å². The molecule has 0 saturated carbocycles. The molecular formula is C17H17N4O2+. The Bertz CT molecular complexity index is 914. The molecule has 0 bridgehead atoms. The van der Waals surface area contributed by atoms with Crippen molar-refractivity contribution in [2.24, 2.45) is 11.6 Å². The van der Waals surface area contributed by atoms with E-state index in [1.165, 1.54) is 6.26 Å². The smallest absolute Gasteiger partial charge is 0.297 e. The summed E-state index contributed by atoms with van der Waals surface area (Å²) in [5.41, 5.74) is 11.1. The summed E-state index contributed by atoms with van der Waals surface area (Å²) >= 11 is 0. The molecule has 6 N–H and O–H groups in total. The van der Waals surface area contributed by atoms with Gasteiger partial charge in [-0.15, -0.1) is 0 Å². The zero-order chi connectivity index (χ0) is 16.2. The van der Waals surface area contributed by atoms with Gasteiger partial charge in [-0.25, -0.2) is 5.84 Å². The van der Waals surface area contributed by atoms with Gasteiger partial charge in [0.1, 0.15) is 5.58 Å². The van der Waals surface area contributed by atoms with Crippen LogP contribution in [-0.4, -0.2) is 5.84 Å². The monoisotopic (exact) mass is 309 g/mol. The van der Waals surface area contributed by atoms with Crippen LogP contribution in [0.2, 0.25) is 0 Å². The second kappa shape index (κ2) is 6.33. The maximum atomic E-state index is 12.5. The molecule has 0 aliphatic rings. The number of fused-ring (bicyclic) bond motifs is 1. The van der Waals surface area contributed by atoms with E-state index in [0.717, 1.165) is 11.1 Å². The molecule has 0 saturated heterocycles. The first-order valence-electron chi connectivity index (χ1n) is 7.12. The topological polar surface area (TPSA) is 108 Å². The predicted octanol–water partition coefficient (Wildman–Crippen LogP) is -0.452. The van der Waals surface area contributed by atoms with Gasteiger partial charge in [0.25, 0.3) is 5.84 Å². The molecule has 3 aromatic rings. The van der Waals surface area contributed by atoms with E-state index in [2.05, 4.69) is 10.6 Å². The van der Waals surface area contributed by atoms with E-state index in [-0.39, 0.29) is 5.43 Å². The van der Waals surface area contributed by atoms with Gasteiger partial charge in [-0.05, 0) is 29.8 Å². The second-order valence-corrected chi connectivity index (χ2v) is 5.14. The fraction of sp³-hybridized carbons (Fsp3) is 0.0588. The summed E-state index contributed by atoms with van der Waals surface area (Å²) in [6.07, 6.45) is 2.02. The Balaban J connectivity index is 1.89. The highest BCUT2D eigenvalue weighted by Gasteiger charge is 2.08. The third-order valence-corrected chi connectivity index (χ3v) is 3.62. The van der Waals surface area contributed by atoms with Gasteiger partial charge in [-0.3, -0.25) is 10.5 Å². The van der Waals surface area contributed by atoms with Crippen molar-refractivity contribution in [3.8, 4) is 0 Å². The van der Waals surface area contributed by atoms with Crippen LogP contribution in [0.1, 0.15) is 16.7 Å². The van der Waals surface area contributed by atoms with Crippen molar-refractivity contribution < 1.29 is 9.52 Å². The van der Waals surface area contributed by atoms with Crippen molar-refractivity contribution in [1.82, 2.24) is 5.53 Å². The van der Waals surface area contributed by atoms with Crippen LogP contribution in [0, 0.1) is 0 Å². The van der Waals surface area contributed by atoms with Crippen molar-refractivity contribution in [3.63, 3.8) is 0 Å². The molecule has 0 aliphatic heterocycles. The number of para-hydroxylation sites is 1. The Labute approximate surface area is 132 Å². The van der Waals surface area contributed by atoms with Gasteiger partial charge in [-0.2, -0.15) is 10.6 Å². The van der Waals surface area contributed by atoms with Gasteiger partial charge in [0.05, 0.1) is 17.2 Å². The number of rotatable bonds is 4. The Morgan fingerprint density at radius 1 is 1.13 bits per heavy atom. The number of amidine groups is 1. The molecule has 6 heteroatoms. The molecule has 23 heavy (non-hydrogen) atoms. The maximum absolute atomic E-state index is 12.5. The summed E-state index contributed by atoms with van der Waals surface area (Å²) in [6, 6.07) is 14.8. The number of nitrogens with two attached hydrogens (primary N) is 2. The highest BCUT2D eigenvalue weighted by atomic mass is 16.3. The number of hydrazone groups is 1. The SMILES string of the molecule is NN/[NH+]=C(\N)c1ccc(Cc2coc3ccccc3c2=O)cc1. The van der Waals surface area contributed by atoms with Crippen LogP contribution in [0.15, 0.2) is 64.0 Å². The average molecular weight is 309 g/mol. The highest BCUT2D eigenvalue weighted by molar-refractivity contribution is 5.92. The van der Waals surface area contributed by atoms with E-state index < -0.39 is 0 Å². The zero-order valence-corrected chi connectivity index (χ0v) is 12.4. The van der Waals surface area contributed by atoms with Gasteiger partial charge in [-0.1, -0.05) is 24.3 Å². The predicted molar refractivity (Wildman–Crippen MR) is 88.3 cm³/mol. The van der Waals surface area contributed by atoms with Crippen LogP contribution in [0.5, 0.6) is 0 Å². The maximum Gasteiger partial charge on any atom is 0.297 e. The Kier molecular flexibility index (Phi) is 4.07. The largest absolute Gasteiger partial charge is 0.464 e. The number of hydrazine groups is 2. The molecule has 116 valence electrons. The average Bonchev–Trinajstić information content (AvgIpc) is 2.58. The molecule has 2 aromatic carbocycles. The van der Waals surface area contributed by atoms with Crippen molar-refractivity contribution in [1.29, 1.82) is 0 Å². The summed E-state index contributed by atoms with van der Waals surface area (Å²) in [5, 5.41) is 3.21. The molecule has 0 aliphatic carbocycles. The van der Waals surface area contributed by atoms with Gasteiger partial charge < -0.3 is 4.42 Å². The molecule has 0 unspecified atom stereocenters. The van der Waals surface area contributed by atoms with Crippen LogP contribution >= 0.6 is 0 Å². The molecule has 0 spiro atoms. The van der Waals surface area contributed by atoms with E-state index in [0.29, 0.717) is 28.8 Å². The number of benzene rings is 2.